The minimum atomic E-state index is 0. The molecule has 5 heteroatoms. The van der Waals surface area contributed by atoms with Crippen LogP contribution in [0, 0.1) is 5.92 Å². The fourth-order valence-corrected chi connectivity index (χ4v) is 2.54. The van der Waals surface area contributed by atoms with Crippen molar-refractivity contribution in [3.63, 3.8) is 0 Å². The number of nitrogens with zero attached hydrogens (tertiary/aromatic N) is 1. The summed E-state index contributed by atoms with van der Waals surface area (Å²) in [4.78, 5) is 14.3. The van der Waals surface area contributed by atoms with Crippen molar-refractivity contribution >= 4 is 18.3 Å². The molecule has 0 aromatic rings. The zero-order valence-corrected chi connectivity index (χ0v) is 11.5. The monoisotopic (exact) mass is 262 g/mol. The van der Waals surface area contributed by atoms with Crippen molar-refractivity contribution in [3.8, 4) is 0 Å². The Morgan fingerprint density at radius 2 is 2.18 bits per heavy atom. The molecule has 0 spiro atoms. The molecule has 3 unspecified atom stereocenters. The lowest BCUT2D eigenvalue weighted by Crippen LogP contribution is -2.54. The Morgan fingerprint density at radius 3 is 2.82 bits per heavy atom. The summed E-state index contributed by atoms with van der Waals surface area (Å²) in [5.74, 6) is 0.497. The van der Waals surface area contributed by atoms with E-state index in [0.29, 0.717) is 12.5 Å². The summed E-state index contributed by atoms with van der Waals surface area (Å²) in [6, 6.07) is 0.211. The van der Waals surface area contributed by atoms with Crippen LogP contribution in [0.2, 0.25) is 0 Å². The number of morpholine rings is 1. The highest BCUT2D eigenvalue weighted by Crippen LogP contribution is 2.19. The molecule has 1 N–H and O–H groups in total. The summed E-state index contributed by atoms with van der Waals surface area (Å²) in [5.41, 5.74) is 0. The number of halogens is 1. The fourth-order valence-electron chi connectivity index (χ4n) is 2.54. The predicted octanol–water partition coefficient (Wildman–Crippen LogP) is 1.04. The molecular formula is C12H23ClN2O2. The van der Waals surface area contributed by atoms with E-state index in [1.807, 2.05) is 11.8 Å². The first kappa shape index (κ1) is 14.7. The summed E-state index contributed by atoms with van der Waals surface area (Å²) < 4.78 is 5.55. The molecule has 0 saturated carbocycles. The third kappa shape index (κ3) is 3.33. The molecular weight excluding hydrogens is 240 g/mol. The molecule has 4 nitrogen and oxygen atoms in total. The highest BCUT2D eigenvalue weighted by molar-refractivity contribution is 5.85. The molecule has 2 fully saturated rings. The van der Waals surface area contributed by atoms with Gasteiger partial charge in [0.25, 0.3) is 0 Å². The highest BCUT2D eigenvalue weighted by Gasteiger charge is 2.33. The topological polar surface area (TPSA) is 41.6 Å². The van der Waals surface area contributed by atoms with E-state index in [1.165, 1.54) is 0 Å². The zero-order valence-electron chi connectivity index (χ0n) is 10.6. The second kappa shape index (κ2) is 6.57. The van der Waals surface area contributed by atoms with Crippen molar-refractivity contribution in [2.45, 2.75) is 38.8 Å². The lowest BCUT2D eigenvalue weighted by atomic mass is 9.96. The van der Waals surface area contributed by atoms with Gasteiger partial charge in [0, 0.05) is 13.1 Å². The van der Waals surface area contributed by atoms with Crippen molar-refractivity contribution in [2.75, 3.05) is 26.2 Å². The minimum Gasteiger partial charge on any atom is -0.375 e. The summed E-state index contributed by atoms with van der Waals surface area (Å²) in [6.07, 6.45) is 2.31. The molecule has 0 aromatic carbocycles. The molecule has 0 bridgehead atoms. The van der Waals surface area contributed by atoms with E-state index in [9.17, 15) is 4.79 Å². The molecule has 2 aliphatic rings. The maximum Gasteiger partial charge on any atom is 0.227 e. The number of nitrogens with one attached hydrogen (secondary N) is 1. The zero-order chi connectivity index (χ0) is 11.5. The third-order valence-corrected chi connectivity index (χ3v) is 3.81. The Hall–Kier alpha value is -0.320. The first-order valence-electron chi connectivity index (χ1n) is 6.33. The Balaban J connectivity index is 0.00000144. The Labute approximate surface area is 109 Å². The molecule has 2 saturated heterocycles. The van der Waals surface area contributed by atoms with E-state index in [-0.39, 0.29) is 30.5 Å². The van der Waals surface area contributed by atoms with Gasteiger partial charge >= 0.3 is 0 Å². The number of ether oxygens (including phenoxy) is 1. The maximum atomic E-state index is 12.3. The van der Waals surface area contributed by atoms with Gasteiger partial charge in [-0.2, -0.15) is 0 Å². The predicted molar refractivity (Wildman–Crippen MR) is 69.4 cm³/mol. The van der Waals surface area contributed by atoms with Crippen LogP contribution in [-0.4, -0.2) is 49.2 Å². The van der Waals surface area contributed by atoms with Crippen LogP contribution in [0.4, 0.5) is 0 Å². The van der Waals surface area contributed by atoms with E-state index >= 15 is 0 Å². The van der Waals surface area contributed by atoms with E-state index < -0.39 is 0 Å². The van der Waals surface area contributed by atoms with Gasteiger partial charge in [-0.1, -0.05) is 0 Å². The summed E-state index contributed by atoms with van der Waals surface area (Å²) >= 11 is 0. The third-order valence-electron chi connectivity index (χ3n) is 3.81. The lowest BCUT2D eigenvalue weighted by Gasteiger charge is -2.40. The van der Waals surface area contributed by atoms with Gasteiger partial charge in [-0.15, -0.1) is 12.4 Å². The molecule has 17 heavy (non-hydrogen) atoms. The first-order valence-corrected chi connectivity index (χ1v) is 6.33. The van der Waals surface area contributed by atoms with Crippen LogP contribution >= 0.6 is 12.4 Å². The minimum absolute atomic E-state index is 0. The Kier molecular flexibility index (Phi) is 5.70. The number of rotatable bonds is 1. The van der Waals surface area contributed by atoms with Crippen LogP contribution in [0.1, 0.15) is 26.7 Å². The molecule has 100 valence electrons. The lowest BCUT2D eigenvalue weighted by molar-refractivity contribution is -0.148. The average molecular weight is 263 g/mol. The van der Waals surface area contributed by atoms with Crippen LogP contribution in [0.25, 0.3) is 0 Å². The summed E-state index contributed by atoms with van der Waals surface area (Å²) in [5, 5.41) is 3.30. The van der Waals surface area contributed by atoms with Crippen LogP contribution in [-0.2, 0) is 9.53 Å². The molecule has 2 rings (SSSR count). The molecule has 1 amide bonds. The normalized spacial score (nSPS) is 34.0. The Morgan fingerprint density at radius 1 is 1.41 bits per heavy atom. The van der Waals surface area contributed by atoms with Gasteiger partial charge in [0.2, 0.25) is 5.91 Å². The molecule has 0 aliphatic carbocycles. The molecule has 0 radical (unpaired) electrons. The van der Waals surface area contributed by atoms with Gasteiger partial charge in [-0.05, 0) is 33.2 Å². The first-order chi connectivity index (χ1) is 7.70. The van der Waals surface area contributed by atoms with Gasteiger partial charge in [-0.3, -0.25) is 4.79 Å². The number of carbonyl (C=O) groups is 1. The highest BCUT2D eigenvalue weighted by atomic mass is 35.5. The van der Waals surface area contributed by atoms with Crippen molar-refractivity contribution in [1.82, 2.24) is 10.2 Å². The number of amides is 1. The summed E-state index contributed by atoms with van der Waals surface area (Å²) in [7, 11) is 0. The van der Waals surface area contributed by atoms with Crippen molar-refractivity contribution < 1.29 is 9.53 Å². The van der Waals surface area contributed by atoms with Gasteiger partial charge < -0.3 is 15.0 Å². The van der Waals surface area contributed by atoms with Crippen molar-refractivity contribution in [1.29, 1.82) is 0 Å². The average Bonchev–Trinajstić information content (AvgIpc) is 2.33. The number of hydrogen-bond acceptors (Lipinski definition) is 3. The molecule has 0 aromatic heterocycles. The number of piperidine rings is 1. The SMILES string of the molecule is CC1OCCN(C(=O)C2CCCNC2)C1C.Cl. The van der Waals surface area contributed by atoms with Gasteiger partial charge in [0.1, 0.15) is 0 Å². The second-order valence-electron chi connectivity index (χ2n) is 4.89. The van der Waals surface area contributed by atoms with Crippen LogP contribution in [0.15, 0.2) is 0 Å². The van der Waals surface area contributed by atoms with E-state index in [2.05, 4.69) is 12.2 Å². The van der Waals surface area contributed by atoms with Crippen molar-refractivity contribution in [2.24, 2.45) is 5.92 Å². The molecule has 3 atom stereocenters. The largest absolute Gasteiger partial charge is 0.375 e. The van der Waals surface area contributed by atoms with E-state index in [1.54, 1.807) is 0 Å². The summed E-state index contributed by atoms with van der Waals surface area (Å²) in [6.45, 7) is 7.45. The fraction of sp³-hybridized carbons (Fsp3) is 0.917. The number of carbonyl (C=O) groups excluding carboxylic acids is 1. The van der Waals surface area contributed by atoms with Crippen molar-refractivity contribution in [3.05, 3.63) is 0 Å². The quantitative estimate of drug-likeness (QED) is 0.768. The van der Waals surface area contributed by atoms with Crippen LogP contribution in [0.3, 0.4) is 0 Å². The number of hydrogen-bond donors (Lipinski definition) is 1. The Bertz CT molecular complexity index is 257. The smallest absolute Gasteiger partial charge is 0.227 e. The van der Waals surface area contributed by atoms with Crippen LogP contribution in [0.5, 0.6) is 0 Å². The second-order valence-corrected chi connectivity index (χ2v) is 4.89. The van der Waals surface area contributed by atoms with Crippen LogP contribution < -0.4 is 5.32 Å². The standard InChI is InChI=1S/C12H22N2O2.ClH/c1-9-10(2)16-7-6-14(9)12(15)11-4-3-5-13-8-11;/h9-11,13H,3-8H2,1-2H3;1H. The van der Waals surface area contributed by atoms with Gasteiger partial charge in [0.05, 0.1) is 24.7 Å². The van der Waals surface area contributed by atoms with Gasteiger partial charge in [-0.25, -0.2) is 0 Å². The molecule has 2 aliphatic heterocycles. The van der Waals surface area contributed by atoms with E-state index in [4.69, 9.17) is 4.74 Å². The van der Waals surface area contributed by atoms with Gasteiger partial charge in [0.15, 0.2) is 0 Å². The maximum absolute atomic E-state index is 12.3. The van der Waals surface area contributed by atoms with E-state index in [0.717, 1.165) is 32.5 Å². The molecule has 2 heterocycles.